The molecule has 0 bridgehead atoms. The lowest BCUT2D eigenvalue weighted by Crippen LogP contribution is -2.05. The Kier molecular flexibility index (Phi) is 51.6. The third-order valence-corrected chi connectivity index (χ3v) is 5.57. The number of hydrogen-bond acceptors (Lipinski definition) is 1. The Morgan fingerprint density at radius 1 is 0.610 bits per heavy atom. The molecule has 0 aliphatic rings. The van der Waals surface area contributed by atoms with Gasteiger partial charge in [-0.2, -0.15) is 0 Å². The maximum absolute atomic E-state index is 3.84. The first kappa shape index (κ1) is 55.2. The number of hydrogen-bond donors (Lipinski definition) is 0. The molecule has 0 radical (unpaired) electrons. The Morgan fingerprint density at radius 2 is 0.927 bits per heavy atom. The smallest absolute Gasteiger partial charge is 0.0116 e. The lowest BCUT2D eigenvalue weighted by molar-refractivity contribution is 0.338. The molecule has 0 amide bonds. The van der Waals surface area contributed by atoms with Gasteiger partial charge in [-0.05, 0) is 78.7 Å². The second-order valence-electron chi connectivity index (χ2n) is 11.7. The van der Waals surface area contributed by atoms with Gasteiger partial charge >= 0.3 is 0 Å². The molecule has 0 spiro atoms. The molecule has 244 valence electrons. The molecule has 0 nitrogen and oxygen atoms in total. The van der Waals surface area contributed by atoms with Crippen molar-refractivity contribution < 1.29 is 0 Å². The van der Waals surface area contributed by atoms with Crippen molar-refractivity contribution in [2.45, 2.75) is 156 Å². The van der Waals surface area contributed by atoms with Crippen molar-refractivity contribution in [2.24, 2.45) is 5.41 Å². The molecular weight excluding hydrogens is 513 g/mol. The van der Waals surface area contributed by atoms with E-state index in [2.05, 4.69) is 134 Å². The highest BCUT2D eigenvalue weighted by molar-refractivity contribution is 8.03. The minimum atomic E-state index is 0.349. The van der Waals surface area contributed by atoms with E-state index in [-0.39, 0.29) is 0 Å². The van der Waals surface area contributed by atoms with Crippen LogP contribution >= 0.6 is 11.8 Å². The molecule has 0 aliphatic heterocycles. The monoisotopic (exact) mass is 591 g/mol. The van der Waals surface area contributed by atoms with E-state index in [1.54, 1.807) is 11.8 Å². The Bertz CT molecular complexity index is 722. The first-order chi connectivity index (χ1) is 18.6. The van der Waals surface area contributed by atoms with Crippen LogP contribution in [0.5, 0.6) is 0 Å². The van der Waals surface area contributed by atoms with Crippen LogP contribution in [0, 0.1) is 5.41 Å². The fraction of sp³-hybridized carbons (Fsp3) is 0.600. The van der Waals surface area contributed by atoms with E-state index in [0.29, 0.717) is 10.2 Å². The lowest BCUT2D eigenvalue weighted by Gasteiger charge is -2.18. The predicted molar refractivity (Wildman–Crippen MR) is 206 cm³/mol. The van der Waals surface area contributed by atoms with Crippen molar-refractivity contribution in [1.82, 2.24) is 0 Å². The van der Waals surface area contributed by atoms with E-state index >= 15 is 0 Å². The Morgan fingerprint density at radius 3 is 1.07 bits per heavy atom. The molecular formula is C40H78S. The molecule has 0 aromatic heterocycles. The standard InChI is InChI=1S/C10H16.C9H14.C7H16.C6H12S.C4H8.2C2H6/c1-8(2)6-7-10(5)9(3)4;1-5-9(4)7-6-8(2)3;1-5-7(3,4)6-2;1-5-7-6(2,3)4;1-4(2)3;2*1-2/h6-7H,3H2,1-2,4-5H3;5-7H,1H2,2-4H3;5-6H2,1-4H3;5H,1H2,2-4H3;1H2,2-3H3;2*1-2H3/b10-7-;9-7-;;;;;. The van der Waals surface area contributed by atoms with Gasteiger partial charge in [0, 0.05) is 4.75 Å². The SMILES string of the molecule is C=C(C)/C(C)=C\C=C(C)C.C=C(C)C.C=C/C(C)=C\C=C(C)C.C=CSC(C)(C)C.CC.CC.CCC(C)(C)CC. The summed E-state index contributed by atoms with van der Waals surface area (Å²) in [6, 6.07) is 0. The zero-order valence-electron chi connectivity index (χ0n) is 32.1. The topological polar surface area (TPSA) is 0 Å². The average molecular weight is 591 g/mol. The van der Waals surface area contributed by atoms with Gasteiger partial charge in [0.15, 0.2) is 0 Å². The maximum atomic E-state index is 3.84. The Labute approximate surface area is 268 Å². The van der Waals surface area contributed by atoms with Crippen LogP contribution < -0.4 is 0 Å². The van der Waals surface area contributed by atoms with Gasteiger partial charge in [0.1, 0.15) is 0 Å². The third kappa shape index (κ3) is 85.5. The Hall–Kier alpha value is -1.73. The van der Waals surface area contributed by atoms with E-state index in [1.165, 1.54) is 40.7 Å². The highest BCUT2D eigenvalue weighted by atomic mass is 32.2. The van der Waals surface area contributed by atoms with Crippen LogP contribution in [0.1, 0.15) is 151 Å². The van der Waals surface area contributed by atoms with E-state index in [9.17, 15) is 0 Å². The fourth-order valence-electron chi connectivity index (χ4n) is 1.30. The summed E-state index contributed by atoms with van der Waals surface area (Å²) in [5.74, 6) is 0. The largest absolute Gasteiger partial charge is 0.129 e. The molecule has 0 aliphatic carbocycles. The van der Waals surface area contributed by atoms with Crippen molar-refractivity contribution in [2.75, 3.05) is 0 Å². The molecule has 0 atom stereocenters. The van der Waals surface area contributed by atoms with Crippen LogP contribution in [0.15, 0.2) is 95.5 Å². The van der Waals surface area contributed by atoms with Crippen LogP contribution in [0.25, 0.3) is 0 Å². The molecule has 41 heavy (non-hydrogen) atoms. The first-order valence-corrected chi connectivity index (χ1v) is 16.3. The van der Waals surface area contributed by atoms with Gasteiger partial charge in [0.2, 0.25) is 0 Å². The zero-order valence-corrected chi connectivity index (χ0v) is 32.9. The molecule has 0 fully saturated rings. The second-order valence-corrected chi connectivity index (χ2v) is 13.5. The number of allylic oxidation sites excluding steroid dienone is 11. The van der Waals surface area contributed by atoms with Crippen LogP contribution in [-0.4, -0.2) is 4.75 Å². The van der Waals surface area contributed by atoms with Gasteiger partial charge in [-0.1, -0.05) is 167 Å². The number of rotatable bonds is 7. The predicted octanol–water partition coefficient (Wildman–Crippen LogP) is 15.7. The van der Waals surface area contributed by atoms with E-state index < -0.39 is 0 Å². The summed E-state index contributed by atoms with van der Waals surface area (Å²) < 4.78 is 0.349. The molecule has 1 heteroatoms. The fourth-order valence-corrected chi connectivity index (χ4v) is 1.80. The summed E-state index contributed by atoms with van der Waals surface area (Å²) in [5.41, 5.74) is 7.98. The quantitative estimate of drug-likeness (QED) is 0.210. The van der Waals surface area contributed by atoms with Crippen LogP contribution in [-0.2, 0) is 0 Å². The van der Waals surface area contributed by atoms with Gasteiger partial charge in [0.05, 0.1) is 0 Å². The van der Waals surface area contributed by atoms with Gasteiger partial charge in [-0.15, -0.1) is 18.3 Å². The molecule has 0 N–H and O–H groups in total. The van der Waals surface area contributed by atoms with Crippen molar-refractivity contribution in [1.29, 1.82) is 0 Å². The van der Waals surface area contributed by atoms with Gasteiger partial charge in [-0.3, -0.25) is 0 Å². The van der Waals surface area contributed by atoms with Crippen LogP contribution in [0.3, 0.4) is 0 Å². The van der Waals surface area contributed by atoms with E-state index in [4.69, 9.17) is 0 Å². The number of thioether (sulfide) groups is 1. The van der Waals surface area contributed by atoms with Gasteiger partial charge in [0.25, 0.3) is 0 Å². The molecule has 0 saturated heterocycles. The van der Waals surface area contributed by atoms with Crippen LogP contribution in [0.2, 0.25) is 0 Å². The summed E-state index contributed by atoms with van der Waals surface area (Å²) in [7, 11) is 0. The van der Waals surface area contributed by atoms with Crippen molar-refractivity contribution >= 4 is 11.8 Å². The molecule has 0 heterocycles. The van der Waals surface area contributed by atoms with E-state index in [0.717, 1.165) is 5.57 Å². The highest BCUT2D eigenvalue weighted by Gasteiger charge is 2.09. The zero-order chi connectivity index (χ0) is 34.8. The summed E-state index contributed by atoms with van der Waals surface area (Å²) in [4.78, 5) is 0. The maximum Gasteiger partial charge on any atom is 0.0116 e. The summed E-state index contributed by atoms with van der Waals surface area (Å²) in [6.07, 6.45) is 12.8. The molecule has 0 aromatic rings. The molecule has 0 rings (SSSR count). The minimum Gasteiger partial charge on any atom is -0.129 e. The van der Waals surface area contributed by atoms with Gasteiger partial charge in [-0.25, -0.2) is 0 Å². The highest BCUT2D eigenvalue weighted by Crippen LogP contribution is 2.23. The summed E-state index contributed by atoms with van der Waals surface area (Å²) in [5, 5.41) is 1.88. The third-order valence-electron chi connectivity index (χ3n) is 4.69. The minimum absolute atomic E-state index is 0.349. The van der Waals surface area contributed by atoms with Crippen molar-refractivity contribution in [3.05, 3.63) is 95.5 Å². The average Bonchev–Trinajstić information content (AvgIpc) is 2.88. The van der Waals surface area contributed by atoms with Crippen LogP contribution in [0.4, 0.5) is 0 Å². The second kappa shape index (κ2) is 38.3. The molecule has 0 aromatic carbocycles. The van der Waals surface area contributed by atoms with Crippen molar-refractivity contribution in [3.63, 3.8) is 0 Å². The lowest BCUT2D eigenvalue weighted by atomic mass is 9.88. The van der Waals surface area contributed by atoms with Crippen molar-refractivity contribution in [3.8, 4) is 0 Å². The van der Waals surface area contributed by atoms with Gasteiger partial charge < -0.3 is 0 Å². The molecule has 0 saturated carbocycles. The molecule has 0 unspecified atom stereocenters. The first-order valence-electron chi connectivity index (χ1n) is 15.4. The summed E-state index contributed by atoms with van der Waals surface area (Å²) in [6.45, 7) is 56.6. The van der Waals surface area contributed by atoms with E-state index in [1.807, 2.05) is 66.9 Å². The normalized spacial score (nSPS) is 9.95. The summed E-state index contributed by atoms with van der Waals surface area (Å²) >= 11 is 1.75. The Balaban J connectivity index is -0.0000000697.